The van der Waals surface area contributed by atoms with Crippen LogP contribution in [0.5, 0.6) is 0 Å². The molecule has 1 saturated carbocycles. The largest absolute Gasteiger partial charge is 0.478 e. The highest BCUT2D eigenvalue weighted by molar-refractivity contribution is 7.94. The molecule has 2 aromatic rings. The molecule has 0 amide bonds. The molecule has 1 aliphatic heterocycles. The zero-order valence-electron chi connectivity index (χ0n) is 13.0. The minimum Gasteiger partial charge on any atom is -0.478 e. The third-order valence-corrected chi connectivity index (χ3v) is 7.73. The number of benzene rings is 1. The number of nitrogens with zero attached hydrogens (tertiary/aromatic N) is 2. The van der Waals surface area contributed by atoms with Gasteiger partial charge in [-0.15, -0.1) is 0 Å². The molecule has 23 heavy (non-hydrogen) atoms. The minimum absolute atomic E-state index is 0.119. The predicted molar refractivity (Wildman–Crippen MR) is 87.6 cm³/mol. The molecular formula is C16H18N2O4S. The highest BCUT2D eigenvalue weighted by Gasteiger charge is 2.58. The quantitative estimate of drug-likeness (QED) is 0.913. The second-order valence-electron chi connectivity index (χ2n) is 6.49. The Labute approximate surface area is 134 Å². The van der Waals surface area contributed by atoms with Crippen LogP contribution in [0.25, 0.3) is 10.9 Å². The van der Waals surface area contributed by atoms with Crippen molar-refractivity contribution in [3.05, 3.63) is 29.5 Å². The Morgan fingerprint density at radius 1 is 1.35 bits per heavy atom. The van der Waals surface area contributed by atoms with Crippen LogP contribution < -0.4 is 4.31 Å². The van der Waals surface area contributed by atoms with E-state index in [1.54, 1.807) is 6.07 Å². The van der Waals surface area contributed by atoms with Gasteiger partial charge in [-0.25, -0.2) is 13.2 Å². The van der Waals surface area contributed by atoms with Crippen LogP contribution in [0, 0.1) is 0 Å². The number of aromatic carboxylic acids is 1. The zero-order chi connectivity index (χ0) is 16.6. The molecular weight excluding hydrogens is 316 g/mol. The van der Waals surface area contributed by atoms with E-state index in [0.29, 0.717) is 25.1 Å². The third-order valence-electron chi connectivity index (χ3n) is 5.18. The number of anilines is 1. The molecule has 0 unspecified atom stereocenters. The van der Waals surface area contributed by atoms with Crippen LogP contribution >= 0.6 is 0 Å². The van der Waals surface area contributed by atoms with Crippen molar-refractivity contribution < 1.29 is 18.3 Å². The molecule has 1 spiro atoms. The van der Waals surface area contributed by atoms with E-state index in [-0.39, 0.29) is 5.56 Å². The first-order valence-corrected chi connectivity index (χ1v) is 9.12. The standard InChI is InChI=1S/C16H18N2O4S/c1-3-10-8-18-9-16(4-5-16)23(21,22)17(2)13-7-11(15(19)20)6-12(10)14(13)18/h6-8H,3-5,9H2,1-2H3,(H,19,20). The Balaban J connectivity index is 2.12. The summed E-state index contributed by atoms with van der Waals surface area (Å²) in [5.74, 6) is -1.05. The first-order chi connectivity index (χ1) is 10.8. The van der Waals surface area contributed by atoms with Crippen molar-refractivity contribution >= 4 is 32.6 Å². The zero-order valence-corrected chi connectivity index (χ0v) is 13.9. The van der Waals surface area contributed by atoms with E-state index in [9.17, 15) is 18.3 Å². The van der Waals surface area contributed by atoms with E-state index in [2.05, 4.69) is 0 Å². The number of hydrogen-bond acceptors (Lipinski definition) is 3. The molecule has 2 aliphatic rings. The van der Waals surface area contributed by atoms with E-state index < -0.39 is 20.7 Å². The van der Waals surface area contributed by atoms with Gasteiger partial charge in [0.2, 0.25) is 10.0 Å². The van der Waals surface area contributed by atoms with Gasteiger partial charge in [0, 0.05) is 25.2 Å². The molecule has 6 nitrogen and oxygen atoms in total. The molecule has 1 N–H and O–H groups in total. The number of aromatic nitrogens is 1. The summed E-state index contributed by atoms with van der Waals surface area (Å²) < 4.78 is 28.4. The number of hydrogen-bond donors (Lipinski definition) is 1. The lowest BCUT2D eigenvalue weighted by atomic mass is 10.1. The summed E-state index contributed by atoms with van der Waals surface area (Å²) >= 11 is 0. The Hall–Kier alpha value is -2.02. The van der Waals surface area contributed by atoms with E-state index in [1.165, 1.54) is 17.4 Å². The second kappa shape index (κ2) is 4.29. The van der Waals surface area contributed by atoms with Crippen LogP contribution in [-0.4, -0.2) is 35.9 Å². The van der Waals surface area contributed by atoms with E-state index in [4.69, 9.17) is 0 Å². The topological polar surface area (TPSA) is 79.6 Å². The maximum absolute atomic E-state index is 12.9. The number of carboxylic acid groups (broad SMARTS) is 1. The Kier molecular flexibility index (Phi) is 2.71. The molecule has 0 bridgehead atoms. The summed E-state index contributed by atoms with van der Waals surface area (Å²) in [7, 11) is -1.96. The Bertz CT molecular complexity index is 954. The average molecular weight is 334 g/mol. The van der Waals surface area contributed by atoms with Crippen LogP contribution in [0.1, 0.15) is 35.7 Å². The number of carboxylic acids is 1. The highest BCUT2D eigenvalue weighted by Crippen LogP contribution is 2.51. The lowest BCUT2D eigenvalue weighted by molar-refractivity contribution is 0.0697. The van der Waals surface area contributed by atoms with Crippen molar-refractivity contribution in [2.45, 2.75) is 37.5 Å². The van der Waals surface area contributed by atoms with Gasteiger partial charge in [0.15, 0.2) is 0 Å². The fraction of sp³-hybridized carbons (Fsp3) is 0.438. The van der Waals surface area contributed by atoms with Crippen molar-refractivity contribution in [2.24, 2.45) is 0 Å². The van der Waals surface area contributed by atoms with Crippen LogP contribution in [0.3, 0.4) is 0 Å². The molecule has 4 rings (SSSR count). The molecule has 1 fully saturated rings. The van der Waals surface area contributed by atoms with Crippen LogP contribution in [-0.2, 0) is 23.0 Å². The van der Waals surface area contributed by atoms with Gasteiger partial charge in [0.1, 0.15) is 4.75 Å². The molecule has 1 aromatic heterocycles. The number of aryl methyl sites for hydroxylation is 1. The summed E-state index contributed by atoms with van der Waals surface area (Å²) in [4.78, 5) is 11.5. The van der Waals surface area contributed by atoms with Gasteiger partial charge >= 0.3 is 5.97 Å². The van der Waals surface area contributed by atoms with Gasteiger partial charge < -0.3 is 9.67 Å². The van der Waals surface area contributed by atoms with Gasteiger partial charge in [-0.05, 0) is 37.0 Å². The molecule has 2 heterocycles. The first kappa shape index (κ1) is 14.6. The van der Waals surface area contributed by atoms with Gasteiger partial charge in [-0.3, -0.25) is 4.31 Å². The lowest BCUT2D eigenvalue weighted by Gasteiger charge is -2.23. The van der Waals surface area contributed by atoms with Gasteiger partial charge in [-0.1, -0.05) is 6.92 Å². The normalized spacial score (nSPS) is 20.7. The first-order valence-electron chi connectivity index (χ1n) is 7.68. The third kappa shape index (κ3) is 1.74. The summed E-state index contributed by atoms with van der Waals surface area (Å²) in [5.41, 5.74) is 2.45. The van der Waals surface area contributed by atoms with Crippen molar-refractivity contribution in [1.82, 2.24) is 4.57 Å². The second-order valence-corrected chi connectivity index (χ2v) is 8.85. The fourth-order valence-electron chi connectivity index (χ4n) is 3.63. The number of rotatable bonds is 2. The predicted octanol–water partition coefficient (Wildman–Crippen LogP) is 2.21. The van der Waals surface area contributed by atoms with Crippen molar-refractivity contribution in [3.63, 3.8) is 0 Å². The smallest absolute Gasteiger partial charge is 0.335 e. The maximum atomic E-state index is 12.9. The fourth-order valence-corrected chi connectivity index (χ4v) is 5.52. The van der Waals surface area contributed by atoms with E-state index >= 15 is 0 Å². The van der Waals surface area contributed by atoms with Crippen molar-refractivity contribution in [2.75, 3.05) is 11.4 Å². The SMILES string of the molecule is CCc1cn2c3c(cc(C(=O)O)cc13)N(C)S(=O)(=O)C1(CC1)C2. The van der Waals surface area contributed by atoms with Crippen LogP contribution in [0.2, 0.25) is 0 Å². The lowest BCUT2D eigenvalue weighted by Crippen LogP contribution is -2.38. The highest BCUT2D eigenvalue weighted by atomic mass is 32.2. The van der Waals surface area contributed by atoms with Gasteiger partial charge in [0.25, 0.3) is 0 Å². The van der Waals surface area contributed by atoms with Crippen molar-refractivity contribution in [1.29, 1.82) is 0 Å². The molecule has 0 radical (unpaired) electrons. The number of carbonyl (C=O) groups is 1. The molecule has 122 valence electrons. The van der Waals surface area contributed by atoms with Crippen molar-refractivity contribution in [3.8, 4) is 0 Å². The summed E-state index contributed by atoms with van der Waals surface area (Å²) in [6, 6.07) is 3.13. The average Bonchev–Trinajstić information content (AvgIpc) is 3.22. The molecule has 0 atom stereocenters. The Morgan fingerprint density at radius 2 is 2.04 bits per heavy atom. The van der Waals surface area contributed by atoms with Gasteiger partial charge in [-0.2, -0.15) is 0 Å². The van der Waals surface area contributed by atoms with Crippen LogP contribution in [0.15, 0.2) is 18.3 Å². The summed E-state index contributed by atoms with van der Waals surface area (Å²) in [6.45, 7) is 2.46. The summed E-state index contributed by atoms with van der Waals surface area (Å²) in [6.07, 6.45) is 4.06. The minimum atomic E-state index is -3.49. The molecule has 1 aliphatic carbocycles. The maximum Gasteiger partial charge on any atom is 0.335 e. The van der Waals surface area contributed by atoms with E-state index in [1.807, 2.05) is 17.7 Å². The number of sulfonamides is 1. The molecule has 1 aromatic carbocycles. The summed E-state index contributed by atoms with van der Waals surface area (Å²) in [5, 5.41) is 10.2. The van der Waals surface area contributed by atoms with E-state index in [0.717, 1.165) is 22.9 Å². The molecule has 7 heteroatoms. The molecule has 0 saturated heterocycles. The monoisotopic (exact) mass is 334 g/mol. The van der Waals surface area contributed by atoms with Crippen LogP contribution in [0.4, 0.5) is 5.69 Å². The van der Waals surface area contributed by atoms with Gasteiger partial charge in [0.05, 0.1) is 16.8 Å². The Morgan fingerprint density at radius 3 is 2.61 bits per heavy atom.